The smallest absolute Gasteiger partial charge is 0.126 e. The molecular weight excluding hydrogens is 459 g/mol. The maximum Gasteiger partial charge on any atom is 0.126 e. The monoisotopic (exact) mass is 487 g/mol. The Kier molecular flexibility index (Phi) is 8.39. The molecule has 0 bridgehead atoms. The van der Waals surface area contributed by atoms with Gasteiger partial charge in [0, 0.05) is 11.4 Å². The second-order valence-corrected chi connectivity index (χ2v) is 8.80. The molecule has 0 atom stereocenters. The number of rotatable bonds is 4. The van der Waals surface area contributed by atoms with Crippen LogP contribution < -0.4 is 11.5 Å². The summed E-state index contributed by atoms with van der Waals surface area (Å²) in [5, 5.41) is 8.72. The van der Waals surface area contributed by atoms with Crippen LogP contribution >= 0.6 is 0 Å². The zero-order valence-electron chi connectivity index (χ0n) is 20.5. The van der Waals surface area contributed by atoms with Gasteiger partial charge in [0.05, 0.1) is 11.6 Å². The predicted molar refractivity (Wildman–Crippen MR) is 139 cm³/mol. The third-order valence-corrected chi connectivity index (χ3v) is 6.13. The van der Waals surface area contributed by atoms with Crippen LogP contribution in [0.3, 0.4) is 0 Å². The van der Waals surface area contributed by atoms with Crippen molar-refractivity contribution in [2.75, 3.05) is 11.5 Å². The van der Waals surface area contributed by atoms with E-state index in [0.29, 0.717) is 35.3 Å². The normalized spacial score (nSPS) is 10.4. The third-order valence-electron chi connectivity index (χ3n) is 6.13. The predicted octanol–water partition coefficient (Wildman–Crippen LogP) is 6.93. The van der Waals surface area contributed by atoms with Crippen LogP contribution in [0.25, 0.3) is 0 Å². The lowest BCUT2D eigenvalue weighted by Crippen LogP contribution is -1.99. The van der Waals surface area contributed by atoms with Gasteiger partial charge in [0.25, 0.3) is 0 Å². The summed E-state index contributed by atoms with van der Waals surface area (Å²) >= 11 is 0. The Balaban J connectivity index is 0.000000201. The molecule has 0 amide bonds. The van der Waals surface area contributed by atoms with Gasteiger partial charge in [-0.25, -0.2) is 13.2 Å². The molecule has 0 spiro atoms. The molecule has 3 nitrogen and oxygen atoms in total. The van der Waals surface area contributed by atoms with E-state index in [9.17, 15) is 13.2 Å². The van der Waals surface area contributed by atoms with Gasteiger partial charge in [0.1, 0.15) is 17.5 Å². The van der Waals surface area contributed by atoms with E-state index in [4.69, 9.17) is 16.7 Å². The van der Waals surface area contributed by atoms with E-state index in [-0.39, 0.29) is 17.5 Å². The Morgan fingerprint density at radius 2 is 1.14 bits per heavy atom. The summed E-state index contributed by atoms with van der Waals surface area (Å²) in [6.45, 7) is 5.46. The van der Waals surface area contributed by atoms with Crippen molar-refractivity contribution in [2.45, 2.75) is 33.6 Å². The maximum atomic E-state index is 13.3. The number of nitrogens with zero attached hydrogens (tertiary/aromatic N) is 1. The van der Waals surface area contributed by atoms with E-state index in [1.807, 2.05) is 26.0 Å². The fourth-order valence-electron chi connectivity index (χ4n) is 3.84. The quantitative estimate of drug-likeness (QED) is 0.306. The molecule has 0 fully saturated rings. The molecule has 0 aliphatic carbocycles. The average Bonchev–Trinajstić information content (AvgIpc) is 2.83. The summed E-state index contributed by atoms with van der Waals surface area (Å²) in [6.07, 6.45) is 1.16. The summed E-state index contributed by atoms with van der Waals surface area (Å²) in [5.74, 6) is -0.886. The minimum atomic E-state index is -0.341. The SMILES string of the molecule is Cc1c(N)cc(F)cc1Cc1ccc(C#N)cc1.Cc1cc(Cc2cc(F)cc(N)c2C)ccc1F. The number of hydrogen-bond acceptors (Lipinski definition) is 3. The maximum absolute atomic E-state index is 13.3. The second-order valence-electron chi connectivity index (χ2n) is 8.80. The molecule has 0 saturated heterocycles. The van der Waals surface area contributed by atoms with Crippen molar-refractivity contribution in [1.29, 1.82) is 5.26 Å². The fourth-order valence-corrected chi connectivity index (χ4v) is 3.84. The summed E-state index contributed by atoms with van der Waals surface area (Å²) in [6, 6.07) is 19.9. The minimum absolute atomic E-state index is 0.228. The molecule has 184 valence electrons. The van der Waals surface area contributed by atoms with Gasteiger partial charge < -0.3 is 11.5 Å². The van der Waals surface area contributed by atoms with E-state index < -0.39 is 0 Å². The van der Waals surface area contributed by atoms with E-state index in [2.05, 4.69) is 6.07 Å². The Morgan fingerprint density at radius 3 is 1.61 bits per heavy atom. The molecule has 0 radical (unpaired) electrons. The van der Waals surface area contributed by atoms with Crippen LogP contribution in [0.15, 0.2) is 66.7 Å². The number of anilines is 2. The molecular formula is C30H28F3N3. The fraction of sp³-hybridized carbons (Fsp3) is 0.167. The highest BCUT2D eigenvalue weighted by molar-refractivity contribution is 5.52. The Morgan fingerprint density at radius 1 is 0.667 bits per heavy atom. The summed E-state index contributed by atoms with van der Waals surface area (Å²) < 4.78 is 39.8. The van der Waals surface area contributed by atoms with Gasteiger partial charge in [-0.15, -0.1) is 0 Å². The Hall–Kier alpha value is -4.24. The molecule has 36 heavy (non-hydrogen) atoms. The van der Waals surface area contributed by atoms with Gasteiger partial charge in [0.15, 0.2) is 0 Å². The van der Waals surface area contributed by atoms with Crippen molar-refractivity contribution in [3.05, 3.63) is 129 Å². The molecule has 6 heteroatoms. The summed E-state index contributed by atoms with van der Waals surface area (Å²) in [7, 11) is 0. The van der Waals surface area contributed by atoms with Crippen molar-refractivity contribution in [3.63, 3.8) is 0 Å². The van der Waals surface area contributed by atoms with Crippen molar-refractivity contribution in [3.8, 4) is 6.07 Å². The zero-order chi connectivity index (χ0) is 26.4. The van der Waals surface area contributed by atoms with Crippen LogP contribution in [0.2, 0.25) is 0 Å². The number of nitriles is 1. The van der Waals surface area contributed by atoms with Gasteiger partial charge in [-0.2, -0.15) is 5.26 Å². The number of hydrogen-bond donors (Lipinski definition) is 2. The average molecular weight is 488 g/mol. The first-order valence-corrected chi connectivity index (χ1v) is 11.4. The highest BCUT2D eigenvalue weighted by Crippen LogP contribution is 2.23. The van der Waals surface area contributed by atoms with Crippen molar-refractivity contribution in [2.24, 2.45) is 0 Å². The van der Waals surface area contributed by atoms with Gasteiger partial charge >= 0.3 is 0 Å². The standard InChI is InChI=1S/C15H15F2N.C15H13FN2/c1-9-5-11(3-4-14(9)17)6-12-7-13(16)8-15(18)10(12)2;1-10-13(7-14(16)8-15(10)18)6-11-2-4-12(9-17)5-3-11/h3-5,7-8H,6,18H2,1-2H3;2-5,7-8H,6,18H2,1H3. The second kappa shape index (κ2) is 11.5. The first-order chi connectivity index (χ1) is 17.1. The van der Waals surface area contributed by atoms with E-state index in [1.165, 1.54) is 30.3 Å². The number of benzene rings is 4. The van der Waals surface area contributed by atoms with Crippen LogP contribution in [-0.4, -0.2) is 0 Å². The van der Waals surface area contributed by atoms with Gasteiger partial charge in [-0.1, -0.05) is 24.3 Å². The molecule has 0 unspecified atom stereocenters. The van der Waals surface area contributed by atoms with Crippen LogP contribution in [0.1, 0.15) is 44.5 Å². The highest BCUT2D eigenvalue weighted by Gasteiger charge is 2.08. The molecule has 0 aliphatic heterocycles. The van der Waals surface area contributed by atoms with E-state index in [1.54, 1.807) is 31.2 Å². The van der Waals surface area contributed by atoms with Crippen LogP contribution in [0.5, 0.6) is 0 Å². The zero-order valence-corrected chi connectivity index (χ0v) is 20.5. The minimum Gasteiger partial charge on any atom is -0.398 e. The molecule has 0 aromatic heterocycles. The highest BCUT2D eigenvalue weighted by atomic mass is 19.1. The topological polar surface area (TPSA) is 75.8 Å². The molecule has 4 aromatic carbocycles. The van der Waals surface area contributed by atoms with Crippen LogP contribution in [-0.2, 0) is 12.8 Å². The lowest BCUT2D eigenvalue weighted by molar-refractivity contribution is 0.617. The summed E-state index contributed by atoms with van der Waals surface area (Å²) in [4.78, 5) is 0. The van der Waals surface area contributed by atoms with Crippen molar-refractivity contribution >= 4 is 11.4 Å². The number of nitrogens with two attached hydrogens (primary N) is 2. The van der Waals surface area contributed by atoms with Gasteiger partial charge in [0.2, 0.25) is 0 Å². The molecule has 0 saturated carbocycles. The number of halogens is 3. The number of aryl methyl sites for hydroxylation is 1. The first-order valence-electron chi connectivity index (χ1n) is 11.4. The molecule has 4 rings (SSSR count). The van der Waals surface area contributed by atoms with E-state index in [0.717, 1.165) is 33.4 Å². The Bertz CT molecular complexity index is 1420. The van der Waals surface area contributed by atoms with Crippen molar-refractivity contribution < 1.29 is 13.2 Å². The molecule has 0 aliphatic rings. The largest absolute Gasteiger partial charge is 0.398 e. The van der Waals surface area contributed by atoms with Crippen LogP contribution in [0, 0.1) is 49.6 Å². The van der Waals surface area contributed by atoms with Gasteiger partial charge in [-0.05, 0) is 115 Å². The first kappa shape index (κ1) is 26.4. The Labute approximate surface area is 209 Å². The number of nitrogen functional groups attached to an aromatic ring is 2. The molecule has 0 heterocycles. The molecule has 4 N–H and O–H groups in total. The summed E-state index contributed by atoms with van der Waals surface area (Å²) in [5.41, 5.74) is 19.1. The van der Waals surface area contributed by atoms with E-state index >= 15 is 0 Å². The lowest BCUT2D eigenvalue weighted by Gasteiger charge is -2.10. The van der Waals surface area contributed by atoms with Crippen LogP contribution in [0.4, 0.5) is 24.5 Å². The third kappa shape index (κ3) is 6.67. The molecule has 4 aromatic rings. The lowest BCUT2D eigenvalue weighted by atomic mass is 9.98. The van der Waals surface area contributed by atoms with Crippen molar-refractivity contribution in [1.82, 2.24) is 0 Å². The van der Waals surface area contributed by atoms with Gasteiger partial charge in [-0.3, -0.25) is 0 Å².